The molecule has 0 aliphatic carbocycles. The number of amides is 3. The van der Waals surface area contributed by atoms with E-state index in [2.05, 4.69) is 21.6 Å². The fraction of sp³-hybridized carbons (Fsp3) is 0.571. The summed E-state index contributed by atoms with van der Waals surface area (Å²) in [5, 5.41) is 5.87. The standard InChI is InChI=1S/C21H26N4O3/c26-19-4-3-17(20(27)23-19)25-12-15-9-13(1-2-16(15)21(25)28)11-24-8-6-14-5-7-22-10-18(14)24/h1-2,9,14,17-18,22H,3-8,10-12H2,(H,23,26,27). The quantitative estimate of drug-likeness (QED) is 0.750. The van der Waals surface area contributed by atoms with Crippen molar-refractivity contribution in [2.75, 3.05) is 19.6 Å². The molecule has 3 unspecified atom stereocenters. The fourth-order valence-electron chi connectivity index (χ4n) is 5.31. The average Bonchev–Trinajstić information content (AvgIpc) is 3.23. The van der Waals surface area contributed by atoms with Crippen molar-refractivity contribution >= 4 is 17.7 Å². The van der Waals surface area contributed by atoms with E-state index in [0.29, 0.717) is 24.6 Å². The van der Waals surface area contributed by atoms with Crippen molar-refractivity contribution in [2.24, 2.45) is 5.92 Å². The summed E-state index contributed by atoms with van der Waals surface area (Å²) in [6, 6.07) is 6.15. The van der Waals surface area contributed by atoms with Crippen molar-refractivity contribution < 1.29 is 14.4 Å². The normalized spacial score (nSPS) is 30.4. The number of hydrogen-bond donors (Lipinski definition) is 2. The van der Waals surface area contributed by atoms with Crippen LogP contribution in [-0.2, 0) is 22.7 Å². The molecule has 1 aromatic carbocycles. The third-order valence-corrected chi connectivity index (χ3v) is 6.82. The highest BCUT2D eigenvalue weighted by molar-refractivity contribution is 6.05. The molecule has 5 rings (SSSR count). The molecule has 3 saturated heterocycles. The van der Waals surface area contributed by atoms with Gasteiger partial charge in [0, 0.05) is 37.7 Å². The summed E-state index contributed by atoms with van der Waals surface area (Å²) in [4.78, 5) is 40.6. The Hall–Kier alpha value is -2.25. The maximum Gasteiger partial charge on any atom is 0.255 e. The second-order valence-electron chi connectivity index (χ2n) is 8.47. The summed E-state index contributed by atoms with van der Waals surface area (Å²) in [5.41, 5.74) is 2.90. The van der Waals surface area contributed by atoms with Crippen LogP contribution in [0.4, 0.5) is 0 Å². The highest BCUT2D eigenvalue weighted by Crippen LogP contribution is 2.32. The number of carbonyl (C=O) groups excluding carboxylic acids is 3. The zero-order chi connectivity index (χ0) is 19.3. The summed E-state index contributed by atoms with van der Waals surface area (Å²) in [7, 11) is 0. The summed E-state index contributed by atoms with van der Waals surface area (Å²) in [6.45, 7) is 4.68. The minimum Gasteiger partial charge on any atom is -0.322 e. The average molecular weight is 382 g/mol. The Kier molecular flexibility index (Phi) is 4.44. The van der Waals surface area contributed by atoms with Crippen molar-refractivity contribution in [3.63, 3.8) is 0 Å². The molecule has 0 aromatic heterocycles. The van der Waals surface area contributed by atoms with E-state index in [4.69, 9.17) is 0 Å². The summed E-state index contributed by atoms with van der Waals surface area (Å²) in [5.74, 6) is 0.0911. The van der Waals surface area contributed by atoms with Crippen LogP contribution >= 0.6 is 0 Å². The molecular formula is C21H26N4O3. The van der Waals surface area contributed by atoms with Gasteiger partial charge in [0.05, 0.1) is 0 Å². The second kappa shape index (κ2) is 6.97. The molecule has 7 heteroatoms. The zero-order valence-corrected chi connectivity index (χ0v) is 15.9. The van der Waals surface area contributed by atoms with E-state index in [-0.39, 0.29) is 24.1 Å². The van der Waals surface area contributed by atoms with E-state index in [1.54, 1.807) is 4.90 Å². The molecule has 4 aliphatic heterocycles. The number of rotatable bonds is 3. The summed E-state index contributed by atoms with van der Waals surface area (Å²) >= 11 is 0. The molecule has 28 heavy (non-hydrogen) atoms. The lowest BCUT2D eigenvalue weighted by molar-refractivity contribution is -0.136. The van der Waals surface area contributed by atoms with Gasteiger partial charge in [0.25, 0.3) is 5.91 Å². The molecule has 0 saturated carbocycles. The van der Waals surface area contributed by atoms with Crippen LogP contribution in [-0.4, -0.2) is 59.2 Å². The lowest BCUT2D eigenvalue weighted by Gasteiger charge is -2.32. The Bertz CT molecular complexity index is 839. The molecule has 1 aromatic rings. The molecule has 3 fully saturated rings. The highest BCUT2D eigenvalue weighted by atomic mass is 16.2. The van der Waals surface area contributed by atoms with Gasteiger partial charge in [-0.25, -0.2) is 0 Å². The molecular weight excluding hydrogens is 356 g/mol. The Labute approximate surface area is 164 Å². The molecule has 2 N–H and O–H groups in total. The fourth-order valence-corrected chi connectivity index (χ4v) is 5.31. The Balaban J connectivity index is 1.30. The topological polar surface area (TPSA) is 81.8 Å². The van der Waals surface area contributed by atoms with Gasteiger partial charge in [0.1, 0.15) is 6.04 Å². The van der Waals surface area contributed by atoms with Crippen LogP contribution in [0.15, 0.2) is 18.2 Å². The Morgan fingerprint density at radius 2 is 2.00 bits per heavy atom. The number of hydrogen-bond acceptors (Lipinski definition) is 5. The van der Waals surface area contributed by atoms with Crippen LogP contribution in [0.2, 0.25) is 0 Å². The van der Waals surface area contributed by atoms with Crippen LogP contribution < -0.4 is 10.6 Å². The predicted octanol–water partition coefficient (Wildman–Crippen LogP) is 0.631. The van der Waals surface area contributed by atoms with Gasteiger partial charge in [-0.05, 0) is 55.5 Å². The zero-order valence-electron chi connectivity index (χ0n) is 15.9. The van der Waals surface area contributed by atoms with Crippen LogP contribution in [0.25, 0.3) is 0 Å². The molecule has 0 spiro atoms. The smallest absolute Gasteiger partial charge is 0.255 e. The van der Waals surface area contributed by atoms with E-state index in [1.807, 2.05) is 12.1 Å². The Morgan fingerprint density at radius 3 is 2.86 bits per heavy atom. The van der Waals surface area contributed by atoms with E-state index in [1.165, 1.54) is 18.4 Å². The van der Waals surface area contributed by atoms with Crippen LogP contribution in [0, 0.1) is 5.92 Å². The number of likely N-dealkylation sites (tertiary alicyclic amines) is 1. The largest absolute Gasteiger partial charge is 0.322 e. The Morgan fingerprint density at radius 1 is 1.11 bits per heavy atom. The van der Waals surface area contributed by atoms with Gasteiger partial charge in [-0.15, -0.1) is 0 Å². The number of carbonyl (C=O) groups is 3. The summed E-state index contributed by atoms with van der Waals surface area (Å²) in [6.07, 6.45) is 3.23. The van der Waals surface area contributed by atoms with Gasteiger partial charge in [-0.3, -0.25) is 24.6 Å². The highest BCUT2D eigenvalue weighted by Gasteiger charge is 2.39. The van der Waals surface area contributed by atoms with Crippen molar-refractivity contribution in [3.05, 3.63) is 34.9 Å². The first-order valence-corrected chi connectivity index (χ1v) is 10.3. The van der Waals surface area contributed by atoms with E-state index < -0.39 is 6.04 Å². The van der Waals surface area contributed by atoms with Crippen molar-refractivity contribution in [1.82, 2.24) is 20.4 Å². The lowest BCUT2D eigenvalue weighted by atomic mass is 9.93. The predicted molar refractivity (Wildman–Crippen MR) is 102 cm³/mol. The number of piperidine rings is 2. The number of benzene rings is 1. The SMILES string of the molecule is O=C1CCC(N2Cc3cc(CN4CCC5CCNCC54)ccc3C2=O)C(=O)N1. The van der Waals surface area contributed by atoms with Gasteiger partial charge in [-0.1, -0.05) is 12.1 Å². The molecule has 3 amide bonds. The first-order valence-electron chi connectivity index (χ1n) is 10.3. The second-order valence-corrected chi connectivity index (χ2v) is 8.47. The van der Waals surface area contributed by atoms with Crippen LogP contribution in [0.5, 0.6) is 0 Å². The van der Waals surface area contributed by atoms with Gasteiger partial charge in [0.2, 0.25) is 11.8 Å². The first kappa shape index (κ1) is 17.8. The van der Waals surface area contributed by atoms with Gasteiger partial charge in [-0.2, -0.15) is 0 Å². The molecule has 7 nitrogen and oxygen atoms in total. The number of fused-ring (bicyclic) bond motifs is 2. The van der Waals surface area contributed by atoms with Gasteiger partial charge in [0.15, 0.2) is 0 Å². The van der Waals surface area contributed by atoms with Gasteiger partial charge >= 0.3 is 0 Å². The van der Waals surface area contributed by atoms with E-state index in [9.17, 15) is 14.4 Å². The first-order chi connectivity index (χ1) is 13.6. The van der Waals surface area contributed by atoms with Gasteiger partial charge < -0.3 is 10.2 Å². The molecule has 0 radical (unpaired) electrons. The van der Waals surface area contributed by atoms with Crippen molar-refractivity contribution in [1.29, 1.82) is 0 Å². The van der Waals surface area contributed by atoms with E-state index >= 15 is 0 Å². The monoisotopic (exact) mass is 382 g/mol. The van der Waals surface area contributed by atoms with Crippen LogP contribution in [0.3, 0.4) is 0 Å². The molecule has 148 valence electrons. The van der Waals surface area contributed by atoms with Crippen molar-refractivity contribution in [3.8, 4) is 0 Å². The minimum atomic E-state index is -0.547. The maximum absolute atomic E-state index is 12.8. The van der Waals surface area contributed by atoms with E-state index in [0.717, 1.165) is 37.7 Å². The third-order valence-electron chi connectivity index (χ3n) is 6.82. The number of nitrogens with zero attached hydrogens (tertiary/aromatic N) is 2. The minimum absolute atomic E-state index is 0.103. The number of nitrogens with one attached hydrogen (secondary N) is 2. The molecule has 0 bridgehead atoms. The molecule has 4 heterocycles. The van der Waals surface area contributed by atoms with Crippen LogP contribution in [0.1, 0.15) is 47.2 Å². The maximum atomic E-state index is 12.8. The molecule has 3 atom stereocenters. The summed E-state index contributed by atoms with van der Waals surface area (Å²) < 4.78 is 0. The third kappa shape index (κ3) is 3.02. The van der Waals surface area contributed by atoms with Crippen molar-refractivity contribution in [2.45, 2.75) is 50.9 Å². The number of imide groups is 1. The lowest BCUT2D eigenvalue weighted by Crippen LogP contribution is -2.52. The molecule has 4 aliphatic rings.